The van der Waals surface area contributed by atoms with Crippen molar-refractivity contribution in [3.8, 4) is 11.5 Å². The van der Waals surface area contributed by atoms with Crippen LogP contribution in [0.15, 0.2) is 42.5 Å². The summed E-state index contributed by atoms with van der Waals surface area (Å²) < 4.78 is 13.0. The van der Waals surface area contributed by atoms with Crippen LogP contribution in [-0.4, -0.2) is 60.0 Å². The van der Waals surface area contributed by atoms with Gasteiger partial charge >= 0.3 is 0 Å². The van der Waals surface area contributed by atoms with E-state index in [1.165, 1.54) is 10.6 Å². The zero-order chi connectivity index (χ0) is 21.4. The molecule has 5 rings (SSSR count). The number of aromatic nitrogens is 4. The van der Waals surface area contributed by atoms with Crippen LogP contribution in [0.25, 0.3) is 16.6 Å². The Bertz CT molecular complexity index is 1220. The van der Waals surface area contributed by atoms with Gasteiger partial charge in [0.05, 0.1) is 45.9 Å². The summed E-state index contributed by atoms with van der Waals surface area (Å²) in [6, 6.07) is 14.4. The highest BCUT2D eigenvalue weighted by molar-refractivity contribution is 5.93. The summed E-state index contributed by atoms with van der Waals surface area (Å²) >= 11 is 0. The molecule has 1 N–H and O–H groups in total. The summed E-state index contributed by atoms with van der Waals surface area (Å²) in [5.41, 5.74) is 2.93. The molecular weight excluding hydrogens is 392 g/mol. The first-order chi connectivity index (χ1) is 15.2. The van der Waals surface area contributed by atoms with Crippen LogP contribution >= 0.6 is 0 Å². The lowest BCUT2D eigenvalue weighted by Gasteiger charge is -2.33. The number of nitrogens with zero attached hydrogens (tertiary/aromatic N) is 5. The second-order valence-corrected chi connectivity index (χ2v) is 7.91. The lowest BCUT2D eigenvalue weighted by molar-refractivity contribution is -0.915. The number of piperazine rings is 1. The Morgan fingerprint density at radius 3 is 2.39 bits per heavy atom. The number of benzene rings is 2. The number of ether oxygens (including phenoxy) is 2. The van der Waals surface area contributed by atoms with Crippen molar-refractivity contribution < 1.29 is 14.4 Å². The van der Waals surface area contributed by atoms with Crippen molar-refractivity contribution in [2.24, 2.45) is 0 Å². The van der Waals surface area contributed by atoms with Gasteiger partial charge in [0.1, 0.15) is 12.4 Å². The molecule has 4 aromatic rings. The molecule has 0 bridgehead atoms. The van der Waals surface area contributed by atoms with Gasteiger partial charge in [-0.05, 0) is 25.1 Å². The van der Waals surface area contributed by atoms with Crippen molar-refractivity contribution in [3.63, 3.8) is 0 Å². The number of hydrogen-bond acceptors (Lipinski definition) is 6. The monoisotopic (exact) mass is 419 g/mol. The summed E-state index contributed by atoms with van der Waals surface area (Å²) in [7, 11) is 3.26. The van der Waals surface area contributed by atoms with Crippen LogP contribution in [0.4, 0.5) is 5.69 Å². The van der Waals surface area contributed by atoms with Gasteiger partial charge in [0.15, 0.2) is 23.0 Å². The number of methoxy groups -OCH3 is 2. The fourth-order valence-electron chi connectivity index (χ4n) is 4.43. The molecule has 31 heavy (non-hydrogen) atoms. The van der Waals surface area contributed by atoms with Crippen molar-refractivity contribution in [1.29, 1.82) is 0 Å². The van der Waals surface area contributed by atoms with Gasteiger partial charge in [0.2, 0.25) is 0 Å². The maximum Gasteiger partial charge on any atom is 0.194 e. The fourth-order valence-corrected chi connectivity index (χ4v) is 4.43. The zero-order valence-electron chi connectivity index (χ0n) is 18.1. The molecule has 1 fully saturated rings. The quantitative estimate of drug-likeness (QED) is 0.529. The number of fused-ring (bicyclic) bond motifs is 3. The lowest BCUT2D eigenvalue weighted by atomic mass is 10.2. The third kappa shape index (κ3) is 3.53. The molecule has 1 saturated heterocycles. The standard InChI is InChI=1S/C23H26N6O2/c1-16-24-19-14-21(31-3)20(30-2)13-18(19)23-26-25-22(29(16)23)15-27-9-11-28(12-10-27)17-7-5-4-6-8-17/h4-8,13-14H,9-12,15H2,1-3H3/p+1. The Labute approximate surface area is 181 Å². The van der Waals surface area contributed by atoms with E-state index in [9.17, 15) is 0 Å². The zero-order valence-corrected chi connectivity index (χ0v) is 18.1. The average molecular weight is 420 g/mol. The molecule has 0 atom stereocenters. The van der Waals surface area contributed by atoms with Crippen LogP contribution < -0.4 is 19.3 Å². The molecule has 8 heteroatoms. The minimum atomic E-state index is 0.659. The van der Waals surface area contributed by atoms with Gasteiger partial charge in [-0.3, -0.25) is 4.40 Å². The highest BCUT2D eigenvalue weighted by Crippen LogP contribution is 2.33. The summed E-state index contributed by atoms with van der Waals surface area (Å²) in [4.78, 5) is 8.75. The smallest absolute Gasteiger partial charge is 0.194 e. The maximum absolute atomic E-state index is 5.48. The van der Waals surface area contributed by atoms with Gasteiger partial charge in [0, 0.05) is 17.1 Å². The Morgan fingerprint density at radius 2 is 1.68 bits per heavy atom. The van der Waals surface area contributed by atoms with E-state index >= 15 is 0 Å². The second kappa shape index (κ2) is 8.03. The number of nitrogens with one attached hydrogen (secondary N) is 1. The van der Waals surface area contributed by atoms with E-state index < -0.39 is 0 Å². The van der Waals surface area contributed by atoms with Gasteiger partial charge in [0.25, 0.3) is 0 Å². The summed E-state index contributed by atoms with van der Waals surface area (Å²) in [5, 5.41) is 9.97. The molecule has 0 aliphatic carbocycles. The van der Waals surface area contributed by atoms with Crippen LogP contribution in [0.5, 0.6) is 11.5 Å². The van der Waals surface area contributed by atoms with Crippen LogP contribution in [0.3, 0.4) is 0 Å². The van der Waals surface area contributed by atoms with Crippen molar-refractivity contribution in [3.05, 3.63) is 54.1 Å². The molecule has 0 saturated carbocycles. The first-order valence-electron chi connectivity index (χ1n) is 10.6. The molecule has 1 aliphatic heterocycles. The van der Waals surface area contributed by atoms with Crippen LogP contribution in [0, 0.1) is 6.92 Å². The molecule has 0 radical (unpaired) electrons. The lowest BCUT2D eigenvalue weighted by Crippen LogP contribution is -3.13. The summed E-state index contributed by atoms with van der Waals surface area (Å²) in [6.45, 7) is 7.02. The van der Waals surface area contributed by atoms with E-state index in [2.05, 4.69) is 49.8 Å². The number of para-hydroxylation sites is 1. The van der Waals surface area contributed by atoms with E-state index in [4.69, 9.17) is 14.5 Å². The van der Waals surface area contributed by atoms with E-state index in [0.717, 1.165) is 60.9 Å². The summed E-state index contributed by atoms with van der Waals surface area (Å²) in [6.07, 6.45) is 0. The highest BCUT2D eigenvalue weighted by atomic mass is 16.5. The number of quaternary nitrogens is 1. The van der Waals surface area contributed by atoms with Gasteiger partial charge in [-0.15, -0.1) is 10.2 Å². The minimum absolute atomic E-state index is 0.659. The molecule has 0 spiro atoms. The third-order valence-corrected chi connectivity index (χ3v) is 6.08. The van der Waals surface area contributed by atoms with Gasteiger partial charge in [-0.2, -0.15) is 0 Å². The van der Waals surface area contributed by atoms with Crippen molar-refractivity contribution in [1.82, 2.24) is 19.6 Å². The predicted molar refractivity (Wildman–Crippen MR) is 119 cm³/mol. The first-order valence-corrected chi connectivity index (χ1v) is 10.6. The van der Waals surface area contributed by atoms with Crippen LogP contribution in [0.1, 0.15) is 11.6 Å². The van der Waals surface area contributed by atoms with Crippen LogP contribution in [0.2, 0.25) is 0 Å². The number of anilines is 1. The molecular formula is C23H27N6O2+. The molecule has 3 heterocycles. The number of aryl methyl sites for hydroxylation is 1. The molecule has 0 unspecified atom stereocenters. The topological polar surface area (TPSA) is 69.2 Å². The number of rotatable bonds is 5. The second-order valence-electron chi connectivity index (χ2n) is 7.91. The van der Waals surface area contributed by atoms with Crippen LogP contribution in [-0.2, 0) is 6.54 Å². The fraction of sp³-hybridized carbons (Fsp3) is 0.348. The Kier molecular flexibility index (Phi) is 5.07. The highest BCUT2D eigenvalue weighted by Gasteiger charge is 2.23. The molecule has 2 aromatic heterocycles. The molecule has 2 aromatic carbocycles. The minimum Gasteiger partial charge on any atom is -0.493 e. The van der Waals surface area contributed by atoms with E-state index in [0.29, 0.717) is 11.5 Å². The molecule has 160 valence electrons. The summed E-state index contributed by atoms with van der Waals surface area (Å²) in [5.74, 6) is 3.14. The third-order valence-electron chi connectivity index (χ3n) is 6.08. The molecule has 1 aliphatic rings. The Morgan fingerprint density at radius 1 is 0.968 bits per heavy atom. The predicted octanol–water partition coefficient (Wildman–Crippen LogP) is 1.51. The van der Waals surface area contributed by atoms with E-state index in [1.54, 1.807) is 14.2 Å². The van der Waals surface area contributed by atoms with Gasteiger partial charge in [-0.1, -0.05) is 18.2 Å². The number of hydrogen-bond donors (Lipinski definition) is 1. The average Bonchev–Trinajstić information content (AvgIpc) is 3.24. The van der Waals surface area contributed by atoms with Crippen molar-refractivity contribution in [2.75, 3.05) is 45.3 Å². The normalized spacial score (nSPS) is 15.0. The first kappa shape index (κ1) is 19.6. The molecule has 0 amide bonds. The molecule has 8 nitrogen and oxygen atoms in total. The Hall–Kier alpha value is -3.39. The van der Waals surface area contributed by atoms with Gasteiger partial charge in [-0.25, -0.2) is 4.98 Å². The van der Waals surface area contributed by atoms with Gasteiger partial charge < -0.3 is 19.3 Å². The van der Waals surface area contributed by atoms with Crippen molar-refractivity contribution >= 4 is 22.2 Å². The van der Waals surface area contributed by atoms with E-state index in [1.807, 2.05) is 19.1 Å². The Balaban J connectivity index is 1.41. The SMILES string of the molecule is COc1cc2nc(C)n3c(C[NH+]4CCN(c5ccccc5)CC4)nnc3c2cc1OC. The largest absolute Gasteiger partial charge is 0.493 e. The van der Waals surface area contributed by atoms with Crippen molar-refractivity contribution in [2.45, 2.75) is 13.5 Å². The van der Waals surface area contributed by atoms with E-state index in [-0.39, 0.29) is 0 Å². The maximum atomic E-state index is 5.48.